The number of carbonyl (C=O) groups excluding carboxylic acids is 2. The summed E-state index contributed by atoms with van der Waals surface area (Å²) in [5.74, 6) is 1.25. The molecule has 0 spiro atoms. The fourth-order valence-corrected chi connectivity index (χ4v) is 6.36. The molecule has 1 aliphatic carbocycles. The molecule has 2 aromatic carbocycles. The molecule has 1 aromatic heterocycles. The predicted octanol–water partition coefficient (Wildman–Crippen LogP) is 7.55. The topological polar surface area (TPSA) is 101 Å². The third kappa shape index (κ3) is 9.15. The van der Waals surface area contributed by atoms with Crippen molar-refractivity contribution in [3.63, 3.8) is 0 Å². The molecular weight excluding hydrogens is 588 g/mol. The summed E-state index contributed by atoms with van der Waals surface area (Å²) in [5.41, 5.74) is 4.60. The van der Waals surface area contributed by atoms with E-state index < -0.39 is 0 Å². The zero-order valence-corrected chi connectivity index (χ0v) is 29.6. The second-order valence-corrected chi connectivity index (χ2v) is 15.5. The normalized spacial score (nSPS) is 17.3. The molecular formula is C38H54N6O3. The summed E-state index contributed by atoms with van der Waals surface area (Å²) in [6, 6.07) is 16.0. The van der Waals surface area contributed by atoms with Gasteiger partial charge in [-0.2, -0.15) is 5.10 Å². The molecule has 0 radical (unpaired) electrons. The first-order chi connectivity index (χ1) is 22.1. The third-order valence-electron chi connectivity index (χ3n) is 9.59. The number of rotatable bonds is 10. The van der Waals surface area contributed by atoms with Gasteiger partial charge in [-0.3, -0.25) is 9.69 Å². The molecule has 0 unspecified atom stereocenters. The lowest BCUT2D eigenvalue weighted by Gasteiger charge is -2.41. The summed E-state index contributed by atoms with van der Waals surface area (Å²) in [6.07, 6.45) is 5.94. The van der Waals surface area contributed by atoms with E-state index in [1.54, 1.807) is 0 Å². The second kappa shape index (κ2) is 14.1. The van der Waals surface area contributed by atoms with E-state index in [2.05, 4.69) is 88.4 Å². The van der Waals surface area contributed by atoms with E-state index in [9.17, 15) is 9.59 Å². The summed E-state index contributed by atoms with van der Waals surface area (Å²) < 4.78 is 7.96. The Hall–Kier alpha value is -3.85. The predicted molar refractivity (Wildman–Crippen MR) is 190 cm³/mol. The van der Waals surface area contributed by atoms with E-state index in [4.69, 9.17) is 9.84 Å². The number of nitrogens with one attached hydrogen (secondary N) is 3. The maximum atomic E-state index is 13.3. The van der Waals surface area contributed by atoms with Crippen molar-refractivity contribution in [3.05, 3.63) is 70.9 Å². The largest absolute Gasteiger partial charge is 0.488 e. The Labute approximate surface area is 280 Å². The maximum Gasteiger partial charge on any atom is 0.319 e. The second-order valence-electron chi connectivity index (χ2n) is 15.5. The molecule has 5 rings (SSSR count). The number of ether oxygens (including phenoxy) is 1. The molecule has 3 amide bonds. The van der Waals surface area contributed by atoms with Gasteiger partial charge < -0.3 is 20.7 Å². The van der Waals surface area contributed by atoms with Crippen molar-refractivity contribution >= 4 is 23.4 Å². The Bertz CT molecular complexity index is 1540. The summed E-state index contributed by atoms with van der Waals surface area (Å²) in [7, 11) is 0. The molecule has 3 aromatic rings. The number of hydrogen-bond donors (Lipinski definition) is 3. The van der Waals surface area contributed by atoms with Crippen LogP contribution in [0.2, 0.25) is 0 Å². The molecule has 2 aliphatic rings. The Morgan fingerprint density at radius 1 is 0.979 bits per heavy atom. The zero-order chi connectivity index (χ0) is 33.9. The molecule has 1 saturated carbocycles. The highest BCUT2D eigenvalue weighted by Gasteiger charge is 2.30. The van der Waals surface area contributed by atoms with Crippen LogP contribution in [0.25, 0.3) is 0 Å². The average Bonchev–Trinajstić information content (AvgIpc) is 3.39. The van der Waals surface area contributed by atoms with Gasteiger partial charge in [0.25, 0.3) is 5.91 Å². The first-order valence-corrected chi connectivity index (χ1v) is 17.2. The number of anilines is 2. The Morgan fingerprint density at radius 2 is 1.66 bits per heavy atom. The molecule has 47 heavy (non-hydrogen) atoms. The van der Waals surface area contributed by atoms with Crippen LogP contribution >= 0.6 is 0 Å². The van der Waals surface area contributed by atoms with E-state index in [0.717, 1.165) is 73.5 Å². The fourth-order valence-electron chi connectivity index (χ4n) is 6.36. The van der Waals surface area contributed by atoms with Crippen molar-refractivity contribution in [1.82, 2.24) is 20.0 Å². The lowest BCUT2D eigenvalue weighted by Crippen LogP contribution is -2.56. The first kappa shape index (κ1) is 34.5. The van der Waals surface area contributed by atoms with Crippen molar-refractivity contribution in [3.8, 4) is 5.75 Å². The number of hydrogen-bond acceptors (Lipinski definition) is 5. The Balaban J connectivity index is 1.18. The van der Waals surface area contributed by atoms with Crippen LogP contribution in [0.3, 0.4) is 0 Å². The number of urea groups is 1. The number of benzene rings is 2. The van der Waals surface area contributed by atoms with Crippen LogP contribution in [0, 0.1) is 12.3 Å². The standard InChI is InChI=1S/C38H54N6O3/c1-25(2)43-23-33(24-43)47-32-15-11-27(12-16-32)35(45)41-34-22-31(42-44(34)37(4,5)6)14-10-28-21-30(13-9-26(28)3)40-36(46)39-29-17-19-38(7,8)20-18-29/h9,11-13,15-16,21-22,25,29,33H,10,14,17-20,23-24H2,1-8H3,(H,41,45)(H2,39,40,46). The summed E-state index contributed by atoms with van der Waals surface area (Å²) in [5, 5.41) is 14.2. The number of aromatic nitrogens is 2. The summed E-state index contributed by atoms with van der Waals surface area (Å²) in [6.45, 7) is 19.2. The zero-order valence-electron chi connectivity index (χ0n) is 29.6. The quantitative estimate of drug-likeness (QED) is 0.212. The molecule has 9 nitrogen and oxygen atoms in total. The highest BCUT2D eigenvalue weighted by molar-refractivity contribution is 6.04. The van der Waals surface area contributed by atoms with Crippen molar-refractivity contribution in [2.75, 3.05) is 23.7 Å². The van der Waals surface area contributed by atoms with Gasteiger partial charge in [-0.05, 0) is 133 Å². The first-order valence-electron chi connectivity index (χ1n) is 17.2. The van der Waals surface area contributed by atoms with Crippen LogP contribution in [-0.4, -0.2) is 57.9 Å². The van der Waals surface area contributed by atoms with Gasteiger partial charge in [0, 0.05) is 42.5 Å². The number of carbonyl (C=O) groups is 2. The highest BCUT2D eigenvalue weighted by atomic mass is 16.5. The molecule has 254 valence electrons. The SMILES string of the molecule is Cc1ccc(NC(=O)NC2CCC(C)(C)CC2)cc1CCc1cc(NC(=O)c2ccc(OC3CN(C(C)C)C3)cc2)n(C(C)(C)C)n1. The number of nitrogens with zero attached hydrogens (tertiary/aromatic N) is 3. The molecule has 0 atom stereocenters. The Morgan fingerprint density at radius 3 is 2.30 bits per heavy atom. The summed E-state index contributed by atoms with van der Waals surface area (Å²) >= 11 is 0. The van der Waals surface area contributed by atoms with E-state index in [0.29, 0.717) is 29.3 Å². The highest BCUT2D eigenvalue weighted by Crippen LogP contribution is 2.35. The van der Waals surface area contributed by atoms with Crippen LogP contribution in [0.1, 0.15) is 101 Å². The van der Waals surface area contributed by atoms with Gasteiger partial charge in [0.1, 0.15) is 17.7 Å². The van der Waals surface area contributed by atoms with Gasteiger partial charge in [-0.25, -0.2) is 9.48 Å². The van der Waals surface area contributed by atoms with Gasteiger partial charge in [-0.15, -0.1) is 0 Å². The van der Waals surface area contributed by atoms with Gasteiger partial charge in [0.15, 0.2) is 0 Å². The monoisotopic (exact) mass is 642 g/mol. The molecule has 9 heteroatoms. The number of amides is 3. The van der Waals surface area contributed by atoms with Gasteiger partial charge in [0.05, 0.1) is 11.2 Å². The minimum atomic E-state index is -0.327. The maximum absolute atomic E-state index is 13.3. The van der Waals surface area contributed by atoms with Gasteiger partial charge >= 0.3 is 6.03 Å². The van der Waals surface area contributed by atoms with E-state index in [1.165, 1.54) is 0 Å². The van der Waals surface area contributed by atoms with Gasteiger partial charge in [0.2, 0.25) is 0 Å². The van der Waals surface area contributed by atoms with E-state index >= 15 is 0 Å². The smallest absolute Gasteiger partial charge is 0.319 e. The number of likely N-dealkylation sites (tertiary alicyclic amines) is 1. The van der Waals surface area contributed by atoms with E-state index in [-0.39, 0.29) is 29.6 Å². The van der Waals surface area contributed by atoms with Crippen LogP contribution < -0.4 is 20.7 Å². The molecule has 0 bridgehead atoms. The third-order valence-corrected chi connectivity index (χ3v) is 9.59. The lowest BCUT2D eigenvalue weighted by atomic mass is 9.76. The van der Waals surface area contributed by atoms with Crippen LogP contribution in [-0.2, 0) is 18.4 Å². The molecule has 2 heterocycles. The molecule has 1 saturated heterocycles. The van der Waals surface area contributed by atoms with Crippen LogP contribution in [0.4, 0.5) is 16.3 Å². The van der Waals surface area contributed by atoms with Crippen molar-refractivity contribution < 1.29 is 14.3 Å². The van der Waals surface area contributed by atoms with Crippen LogP contribution in [0.5, 0.6) is 5.75 Å². The van der Waals surface area contributed by atoms with Crippen molar-refractivity contribution in [1.29, 1.82) is 0 Å². The van der Waals surface area contributed by atoms with Gasteiger partial charge in [-0.1, -0.05) is 19.9 Å². The van der Waals surface area contributed by atoms with E-state index in [1.807, 2.05) is 41.1 Å². The fraction of sp³-hybridized carbons (Fsp3) is 0.553. The lowest BCUT2D eigenvalue weighted by molar-refractivity contribution is 0.000150. The van der Waals surface area contributed by atoms with Crippen molar-refractivity contribution in [2.45, 2.75) is 118 Å². The number of aryl methyl sites for hydroxylation is 3. The Kier molecular flexibility index (Phi) is 10.3. The summed E-state index contributed by atoms with van der Waals surface area (Å²) in [4.78, 5) is 28.4. The molecule has 1 aliphatic heterocycles. The minimum Gasteiger partial charge on any atom is -0.488 e. The van der Waals surface area contributed by atoms with Crippen molar-refractivity contribution in [2.24, 2.45) is 5.41 Å². The molecule has 2 fully saturated rings. The minimum absolute atomic E-state index is 0.146. The molecule has 3 N–H and O–H groups in total. The van der Waals surface area contributed by atoms with Crippen LogP contribution in [0.15, 0.2) is 48.5 Å². The average molecular weight is 643 g/mol.